The summed E-state index contributed by atoms with van der Waals surface area (Å²) in [4.78, 5) is 24.7. The largest absolute Gasteiger partial charge is 0.334 e. The molecule has 2 atom stereocenters. The van der Waals surface area contributed by atoms with Gasteiger partial charge < -0.3 is 16.0 Å². The Morgan fingerprint density at radius 1 is 1.23 bits per heavy atom. The van der Waals surface area contributed by atoms with E-state index in [1.54, 1.807) is 24.3 Å². The van der Waals surface area contributed by atoms with Gasteiger partial charge in [-0.25, -0.2) is 13.2 Å². The van der Waals surface area contributed by atoms with Crippen LogP contribution < -0.4 is 16.0 Å². The Morgan fingerprint density at radius 3 is 2.42 bits per heavy atom. The van der Waals surface area contributed by atoms with Gasteiger partial charge in [0.1, 0.15) is 6.04 Å². The van der Waals surface area contributed by atoms with Crippen LogP contribution >= 0.6 is 11.6 Å². The Hall–Kier alpha value is -1.80. The lowest BCUT2D eigenvalue weighted by Crippen LogP contribution is -2.51. The Kier molecular flexibility index (Phi) is 6.88. The summed E-state index contributed by atoms with van der Waals surface area (Å²) in [6.45, 7) is 3.90. The van der Waals surface area contributed by atoms with Gasteiger partial charge in [-0.1, -0.05) is 25.4 Å². The number of carbonyl (C=O) groups is 2. The van der Waals surface area contributed by atoms with Crippen molar-refractivity contribution in [3.05, 3.63) is 29.3 Å². The zero-order valence-corrected chi connectivity index (χ0v) is 16.4. The Bertz CT molecular complexity index is 750. The Labute approximate surface area is 158 Å². The lowest BCUT2D eigenvalue weighted by atomic mass is 10.0. The smallest absolute Gasteiger partial charge is 0.315 e. The molecule has 1 fully saturated rings. The Balaban J connectivity index is 1.96. The van der Waals surface area contributed by atoms with Gasteiger partial charge in [0.05, 0.1) is 11.5 Å². The summed E-state index contributed by atoms with van der Waals surface area (Å²) in [5.74, 6) is -0.144. The summed E-state index contributed by atoms with van der Waals surface area (Å²) in [6, 6.07) is 4.99. The standard InChI is InChI=1S/C17H24ClN3O4S/c1-11(2)9-15(16(22)19-13-5-3-12(18)4-6-13)21-17(23)20-14-7-8-26(24,25)10-14/h3-6,11,14-15H,7-10H2,1-2H3,(H,19,22)(H2,20,21,23)/t14?,15-/m1/s1. The van der Waals surface area contributed by atoms with Crippen LogP contribution in [0.15, 0.2) is 24.3 Å². The second-order valence-corrected chi connectivity index (χ2v) is 9.56. The maximum absolute atomic E-state index is 12.5. The molecule has 2 rings (SSSR count). The SMILES string of the molecule is CC(C)C[C@@H](NC(=O)NC1CCS(=O)(=O)C1)C(=O)Nc1ccc(Cl)cc1. The van der Waals surface area contributed by atoms with E-state index in [0.717, 1.165) is 0 Å². The summed E-state index contributed by atoms with van der Waals surface area (Å²) >= 11 is 5.83. The van der Waals surface area contributed by atoms with E-state index in [4.69, 9.17) is 11.6 Å². The quantitative estimate of drug-likeness (QED) is 0.679. The first kappa shape index (κ1) is 20.5. The highest BCUT2D eigenvalue weighted by molar-refractivity contribution is 7.91. The van der Waals surface area contributed by atoms with Crippen LogP contribution in [0, 0.1) is 5.92 Å². The summed E-state index contributed by atoms with van der Waals surface area (Å²) in [7, 11) is -3.08. The number of amides is 3. The molecule has 1 unspecified atom stereocenters. The van der Waals surface area contributed by atoms with Crippen LogP contribution in [-0.4, -0.2) is 43.9 Å². The van der Waals surface area contributed by atoms with Crippen molar-refractivity contribution in [2.24, 2.45) is 5.92 Å². The summed E-state index contributed by atoms with van der Waals surface area (Å²) in [6.07, 6.45) is 0.845. The second kappa shape index (κ2) is 8.73. The molecule has 7 nitrogen and oxygen atoms in total. The minimum Gasteiger partial charge on any atom is -0.334 e. The highest BCUT2D eigenvalue weighted by Crippen LogP contribution is 2.15. The van der Waals surface area contributed by atoms with E-state index in [1.807, 2.05) is 13.8 Å². The van der Waals surface area contributed by atoms with Crippen molar-refractivity contribution in [2.75, 3.05) is 16.8 Å². The topological polar surface area (TPSA) is 104 Å². The molecule has 0 bridgehead atoms. The molecule has 3 amide bonds. The number of urea groups is 1. The predicted molar refractivity (Wildman–Crippen MR) is 102 cm³/mol. The second-order valence-electron chi connectivity index (χ2n) is 6.90. The van der Waals surface area contributed by atoms with Gasteiger partial charge in [0.15, 0.2) is 9.84 Å². The number of hydrogen-bond acceptors (Lipinski definition) is 4. The summed E-state index contributed by atoms with van der Waals surface area (Å²) in [5, 5.41) is 8.60. The minimum atomic E-state index is -3.08. The van der Waals surface area contributed by atoms with E-state index < -0.39 is 28.0 Å². The third-order valence-corrected chi connectivity index (χ3v) is 6.03. The molecular weight excluding hydrogens is 378 g/mol. The average molecular weight is 402 g/mol. The molecule has 0 spiro atoms. The lowest BCUT2D eigenvalue weighted by Gasteiger charge is -2.21. The van der Waals surface area contributed by atoms with E-state index in [-0.39, 0.29) is 23.3 Å². The summed E-state index contributed by atoms with van der Waals surface area (Å²) < 4.78 is 23.0. The van der Waals surface area contributed by atoms with Crippen LogP contribution in [0.2, 0.25) is 5.02 Å². The Morgan fingerprint density at radius 2 is 1.88 bits per heavy atom. The van der Waals surface area contributed by atoms with Crippen molar-refractivity contribution < 1.29 is 18.0 Å². The van der Waals surface area contributed by atoms with Gasteiger partial charge in [-0.05, 0) is 43.0 Å². The summed E-state index contributed by atoms with van der Waals surface area (Å²) in [5.41, 5.74) is 0.581. The normalized spacial score (nSPS) is 19.8. The van der Waals surface area contributed by atoms with Crippen molar-refractivity contribution in [1.29, 1.82) is 0 Å². The van der Waals surface area contributed by atoms with Crippen molar-refractivity contribution in [1.82, 2.24) is 10.6 Å². The van der Waals surface area contributed by atoms with Crippen LogP contribution in [0.1, 0.15) is 26.7 Å². The molecule has 1 aliphatic rings. The van der Waals surface area contributed by atoms with Crippen molar-refractivity contribution in [2.45, 2.75) is 38.8 Å². The van der Waals surface area contributed by atoms with Crippen LogP contribution in [0.5, 0.6) is 0 Å². The van der Waals surface area contributed by atoms with Crippen LogP contribution in [-0.2, 0) is 14.6 Å². The van der Waals surface area contributed by atoms with Gasteiger partial charge in [0, 0.05) is 16.8 Å². The maximum Gasteiger partial charge on any atom is 0.315 e. The molecule has 1 aliphatic heterocycles. The number of nitrogens with one attached hydrogen (secondary N) is 3. The number of sulfone groups is 1. The van der Waals surface area contributed by atoms with E-state index in [9.17, 15) is 18.0 Å². The van der Waals surface area contributed by atoms with Crippen LogP contribution in [0.25, 0.3) is 0 Å². The first-order chi connectivity index (χ1) is 12.1. The number of rotatable bonds is 6. The fourth-order valence-electron chi connectivity index (χ4n) is 2.76. The number of anilines is 1. The van der Waals surface area contributed by atoms with Crippen molar-refractivity contribution in [3.8, 4) is 0 Å². The zero-order valence-electron chi connectivity index (χ0n) is 14.8. The van der Waals surface area contributed by atoms with Crippen LogP contribution in [0.4, 0.5) is 10.5 Å². The molecule has 1 heterocycles. The zero-order chi connectivity index (χ0) is 19.3. The van der Waals surface area contributed by atoms with E-state index >= 15 is 0 Å². The molecule has 144 valence electrons. The molecule has 0 radical (unpaired) electrons. The molecule has 0 aliphatic carbocycles. The van der Waals surface area contributed by atoms with E-state index in [0.29, 0.717) is 23.6 Å². The fourth-order valence-corrected chi connectivity index (χ4v) is 4.56. The molecule has 0 aromatic heterocycles. The molecule has 1 saturated heterocycles. The molecule has 3 N–H and O–H groups in total. The van der Waals surface area contributed by atoms with Crippen molar-refractivity contribution in [3.63, 3.8) is 0 Å². The van der Waals surface area contributed by atoms with Gasteiger partial charge in [-0.15, -0.1) is 0 Å². The monoisotopic (exact) mass is 401 g/mol. The highest BCUT2D eigenvalue weighted by Gasteiger charge is 2.30. The third kappa shape index (κ3) is 6.49. The highest BCUT2D eigenvalue weighted by atomic mass is 35.5. The first-order valence-corrected chi connectivity index (χ1v) is 10.7. The maximum atomic E-state index is 12.5. The molecule has 9 heteroatoms. The molecule has 1 aromatic carbocycles. The fraction of sp³-hybridized carbons (Fsp3) is 0.529. The average Bonchev–Trinajstić information content (AvgIpc) is 2.87. The van der Waals surface area contributed by atoms with E-state index in [2.05, 4.69) is 16.0 Å². The number of carbonyl (C=O) groups excluding carboxylic acids is 2. The van der Waals surface area contributed by atoms with Gasteiger partial charge >= 0.3 is 6.03 Å². The number of hydrogen-bond donors (Lipinski definition) is 3. The molecular formula is C17H24ClN3O4S. The van der Waals surface area contributed by atoms with E-state index in [1.165, 1.54) is 0 Å². The van der Waals surface area contributed by atoms with Gasteiger partial charge in [0.2, 0.25) is 5.91 Å². The first-order valence-electron chi connectivity index (χ1n) is 8.48. The lowest BCUT2D eigenvalue weighted by molar-refractivity contribution is -0.118. The van der Waals surface area contributed by atoms with Gasteiger partial charge in [0.25, 0.3) is 0 Å². The van der Waals surface area contributed by atoms with Gasteiger partial charge in [-0.3, -0.25) is 4.79 Å². The van der Waals surface area contributed by atoms with Crippen LogP contribution in [0.3, 0.4) is 0 Å². The van der Waals surface area contributed by atoms with Gasteiger partial charge in [-0.2, -0.15) is 0 Å². The molecule has 26 heavy (non-hydrogen) atoms. The van der Waals surface area contributed by atoms with Crippen molar-refractivity contribution >= 4 is 39.1 Å². The predicted octanol–water partition coefficient (Wildman–Crippen LogP) is 2.18. The number of halogens is 1. The molecule has 1 aromatic rings. The number of benzene rings is 1. The minimum absolute atomic E-state index is 0.0633. The molecule has 0 saturated carbocycles. The third-order valence-electron chi connectivity index (χ3n) is 4.01.